The summed E-state index contributed by atoms with van der Waals surface area (Å²) in [7, 11) is 1.59. The highest BCUT2D eigenvalue weighted by Crippen LogP contribution is 2.32. The molecule has 1 atom stereocenters. The van der Waals surface area contributed by atoms with E-state index in [2.05, 4.69) is 5.32 Å². The van der Waals surface area contributed by atoms with Gasteiger partial charge in [0.15, 0.2) is 0 Å². The minimum absolute atomic E-state index is 0.0456. The van der Waals surface area contributed by atoms with Crippen molar-refractivity contribution in [3.63, 3.8) is 0 Å². The lowest BCUT2D eigenvalue weighted by atomic mass is 10.2. The number of methoxy groups -OCH3 is 1. The number of carbonyl (C=O) groups excluding carboxylic acids is 1. The summed E-state index contributed by atoms with van der Waals surface area (Å²) in [5.41, 5.74) is 5.54. The summed E-state index contributed by atoms with van der Waals surface area (Å²) in [6.07, 6.45) is 2.83. The van der Waals surface area contributed by atoms with Gasteiger partial charge in [-0.05, 0) is 18.8 Å². The summed E-state index contributed by atoms with van der Waals surface area (Å²) in [6.45, 7) is 1.02. The molecule has 1 unspecified atom stereocenters. The maximum Gasteiger partial charge on any atom is 0.222 e. The van der Waals surface area contributed by atoms with Gasteiger partial charge in [0.05, 0.1) is 6.61 Å². The second-order valence-electron chi connectivity index (χ2n) is 3.49. The summed E-state index contributed by atoms with van der Waals surface area (Å²) in [5, 5.41) is 2.92. The second kappa shape index (κ2) is 5.19. The van der Waals surface area contributed by atoms with Crippen LogP contribution >= 0.6 is 0 Å². The zero-order valence-corrected chi connectivity index (χ0v) is 8.08. The van der Waals surface area contributed by atoms with Gasteiger partial charge in [-0.1, -0.05) is 0 Å². The Hall–Kier alpha value is -0.610. The standard InChI is InChI=1S/C9H18N2O2/c1-13-5-4-9(12)11-8(6-10)7-2-3-7/h7-8H,2-6,10H2,1H3,(H,11,12). The third-order valence-electron chi connectivity index (χ3n) is 2.32. The molecule has 0 bridgehead atoms. The SMILES string of the molecule is COCCC(=O)NC(CN)C1CC1. The Labute approximate surface area is 78.8 Å². The van der Waals surface area contributed by atoms with Crippen molar-refractivity contribution in [3.8, 4) is 0 Å². The van der Waals surface area contributed by atoms with Crippen LogP contribution in [0.2, 0.25) is 0 Å². The molecule has 0 heterocycles. The molecule has 1 rings (SSSR count). The predicted molar refractivity (Wildman–Crippen MR) is 50.2 cm³/mol. The first-order valence-electron chi connectivity index (χ1n) is 4.76. The average molecular weight is 186 g/mol. The van der Waals surface area contributed by atoms with E-state index in [1.807, 2.05) is 0 Å². The van der Waals surface area contributed by atoms with Crippen molar-refractivity contribution in [2.75, 3.05) is 20.3 Å². The largest absolute Gasteiger partial charge is 0.384 e. The van der Waals surface area contributed by atoms with Crippen LogP contribution in [0.25, 0.3) is 0 Å². The molecular weight excluding hydrogens is 168 g/mol. The summed E-state index contributed by atoms with van der Waals surface area (Å²) >= 11 is 0. The van der Waals surface area contributed by atoms with Crippen LogP contribution in [-0.2, 0) is 9.53 Å². The highest BCUT2D eigenvalue weighted by Gasteiger charge is 2.30. The number of rotatable bonds is 6. The van der Waals surface area contributed by atoms with Crippen LogP contribution < -0.4 is 11.1 Å². The Morgan fingerprint density at radius 1 is 1.69 bits per heavy atom. The number of nitrogens with two attached hydrogens (primary N) is 1. The van der Waals surface area contributed by atoms with E-state index in [1.54, 1.807) is 7.11 Å². The number of ether oxygens (including phenoxy) is 1. The van der Waals surface area contributed by atoms with Crippen molar-refractivity contribution in [2.24, 2.45) is 11.7 Å². The van der Waals surface area contributed by atoms with Crippen molar-refractivity contribution in [1.29, 1.82) is 0 Å². The highest BCUT2D eigenvalue weighted by atomic mass is 16.5. The van der Waals surface area contributed by atoms with Crippen molar-refractivity contribution < 1.29 is 9.53 Å². The lowest BCUT2D eigenvalue weighted by Gasteiger charge is -2.15. The number of hydrogen-bond acceptors (Lipinski definition) is 3. The number of carbonyl (C=O) groups is 1. The van der Waals surface area contributed by atoms with E-state index in [1.165, 1.54) is 12.8 Å². The number of nitrogens with one attached hydrogen (secondary N) is 1. The highest BCUT2D eigenvalue weighted by molar-refractivity contribution is 5.76. The molecule has 1 aliphatic carbocycles. The molecule has 3 N–H and O–H groups in total. The Balaban J connectivity index is 2.16. The molecular formula is C9H18N2O2. The first-order valence-corrected chi connectivity index (χ1v) is 4.76. The predicted octanol–water partition coefficient (Wildman–Crippen LogP) is -0.124. The van der Waals surface area contributed by atoms with Gasteiger partial charge in [-0.25, -0.2) is 0 Å². The van der Waals surface area contributed by atoms with Crippen LogP contribution in [-0.4, -0.2) is 32.2 Å². The molecule has 76 valence electrons. The quantitative estimate of drug-likeness (QED) is 0.607. The fourth-order valence-corrected chi connectivity index (χ4v) is 1.34. The molecule has 0 saturated heterocycles. The molecule has 1 fully saturated rings. The van der Waals surface area contributed by atoms with E-state index < -0.39 is 0 Å². The van der Waals surface area contributed by atoms with Gasteiger partial charge >= 0.3 is 0 Å². The molecule has 1 amide bonds. The van der Waals surface area contributed by atoms with E-state index in [0.717, 1.165) is 0 Å². The topological polar surface area (TPSA) is 64.3 Å². The van der Waals surface area contributed by atoms with Crippen LogP contribution in [0.4, 0.5) is 0 Å². The van der Waals surface area contributed by atoms with Gasteiger partial charge in [0, 0.05) is 26.1 Å². The van der Waals surface area contributed by atoms with Gasteiger partial charge in [-0.15, -0.1) is 0 Å². The minimum atomic E-state index is 0.0456. The molecule has 0 spiro atoms. The van der Waals surface area contributed by atoms with E-state index in [-0.39, 0.29) is 11.9 Å². The van der Waals surface area contributed by atoms with Crippen molar-refractivity contribution in [3.05, 3.63) is 0 Å². The molecule has 0 aromatic heterocycles. The Morgan fingerprint density at radius 2 is 2.38 bits per heavy atom. The van der Waals surface area contributed by atoms with Crippen LogP contribution in [0.1, 0.15) is 19.3 Å². The first kappa shape index (κ1) is 10.5. The Kier molecular flexibility index (Phi) is 4.18. The van der Waals surface area contributed by atoms with Crippen molar-refractivity contribution in [1.82, 2.24) is 5.32 Å². The smallest absolute Gasteiger partial charge is 0.222 e. The molecule has 1 aliphatic rings. The molecule has 4 heteroatoms. The van der Waals surface area contributed by atoms with Crippen molar-refractivity contribution >= 4 is 5.91 Å². The Bertz CT molecular complexity index is 169. The molecule has 4 nitrogen and oxygen atoms in total. The third-order valence-corrected chi connectivity index (χ3v) is 2.32. The van der Waals surface area contributed by atoms with Crippen LogP contribution in [0.5, 0.6) is 0 Å². The van der Waals surface area contributed by atoms with E-state index in [9.17, 15) is 4.79 Å². The lowest BCUT2D eigenvalue weighted by Crippen LogP contribution is -2.41. The molecule has 1 saturated carbocycles. The summed E-state index contributed by atoms with van der Waals surface area (Å²) in [4.78, 5) is 11.3. The van der Waals surface area contributed by atoms with Gasteiger partial charge in [-0.2, -0.15) is 0 Å². The van der Waals surface area contributed by atoms with Crippen LogP contribution in [0, 0.1) is 5.92 Å². The number of amides is 1. The molecule has 13 heavy (non-hydrogen) atoms. The van der Waals surface area contributed by atoms with E-state index in [0.29, 0.717) is 25.5 Å². The summed E-state index contributed by atoms with van der Waals surface area (Å²) in [6, 6.07) is 0.185. The van der Waals surface area contributed by atoms with Gasteiger partial charge in [0.1, 0.15) is 0 Å². The lowest BCUT2D eigenvalue weighted by molar-refractivity contribution is -0.122. The minimum Gasteiger partial charge on any atom is -0.384 e. The third kappa shape index (κ3) is 3.74. The van der Waals surface area contributed by atoms with Gasteiger partial charge < -0.3 is 15.8 Å². The summed E-state index contributed by atoms with van der Waals surface area (Å²) < 4.78 is 4.81. The normalized spacial score (nSPS) is 18.3. The zero-order valence-electron chi connectivity index (χ0n) is 8.08. The average Bonchev–Trinajstić information content (AvgIpc) is 2.94. The molecule has 0 aromatic rings. The van der Waals surface area contributed by atoms with Gasteiger partial charge in [0.25, 0.3) is 0 Å². The molecule has 0 aromatic carbocycles. The molecule has 0 aliphatic heterocycles. The van der Waals surface area contributed by atoms with Gasteiger partial charge in [0.2, 0.25) is 5.91 Å². The first-order chi connectivity index (χ1) is 6.27. The maximum atomic E-state index is 11.3. The second-order valence-corrected chi connectivity index (χ2v) is 3.49. The van der Waals surface area contributed by atoms with E-state index >= 15 is 0 Å². The van der Waals surface area contributed by atoms with Gasteiger partial charge in [-0.3, -0.25) is 4.79 Å². The fraction of sp³-hybridized carbons (Fsp3) is 0.889. The number of hydrogen-bond donors (Lipinski definition) is 2. The van der Waals surface area contributed by atoms with Crippen molar-refractivity contribution in [2.45, 2.75) is 25.3 Å². The van der Waals surface area contributed by atoms with Crippen LogP contribution in [0.15, 0.2) is 0 Å². The Morgan fingerprint density at radius 3 is 2.85 bits per heavy atom. The van der Waals surface area contributed by atoms with E-state index in [4.69, 9.17) is 10.5 Å². The monoisotopic (exact) mass is 186 g/mol. The zero-order chi connectivity index (χ0) is 9.68. The van der Waals surface area contributed by atoms with Crippen LogP contribution in [0.3, 0.4) is 0 Å². The maximum absolute atomic E-state index is 11.3. The fourth-order valence-electron chi connectivity index (χ4n) is 1.34. The summed E-state index contributed by atoms with van der Waals surface area (Å²) in [5.74, 6) is 0.667. The molecule has 0 radical (unpaired) electrons.